The van der Waals surface area contributed by atoms with Crippen molar-refractivity contribution >= 4 is 17.5 Å². The topological polar surface area (TPSA) is 64.3 Å². The summed E-state index contributed by atoms with van der Waals surface area (Å²) in [4.78, 5) is 11.6. The lowest BCUT2D eigenvalue weighted by atomic mass is 10.0. The second kappa shape index (κ2) is 7.66. The van der Waals surface area contributed by atoms with Gasteiger partial charge in [0.15, 0.2) is 0 Å². The molecule has 1 atom stereocenters. The fourth-order valence-corrected chi connectivity index (χ4v) is 2.32. The van der Waals surface area contributed by atoms with Gasteiger partial charge in [-0.25, -0.2) is 0 Å². The fraction of sp³-hybridized carbons (Fsp3) is 0.562. The minimum atomic E-state index is 0.0383. The monoisotopic (exact) mass is 310 g/mol. The number of carbonyl (C=O) groups is 1. The zero-order valence-corrected chi connectivity index (χ0v) is 13.2. The van der Waals surface area contributed by atoms with Gasteiger partial charge in [0.1, 0.15) is 5.75 Å². The largest absolute Gasteiger partial charge is 0.491 e. The number of amides is 1. The number of halogens is 1. The Bertz CT molecular complexity index is 489. The molecule has 0 bridgehead atoms. The van der Waals surface area contributed by atoms with Gasteiger partial charge < -0.3 is 15.8 Å². The fourth-order valence-electron chi connectivity index (χ4n) is 2.08. The van der Waals surface area contributed by atoms with Crippen LogP contribution in [-0.4, -0.2) is 24.6 Å². The summed E-state index contributed by atoms with van der Waals surface area (Å²) in [6, 6.07) is 6.13. The minimum absolute atomic E-state index is 0.0383. The molecule has 1 aromatic carbocycles. The number of rotatable bonds is 8. The van der Waals surface area contributed by atoms with Gasteiger partial charge in [-0.05, 0) is 37.3 Å². The molecule has 1 aliphatic rings. The Balaban J connectivity index is 1.89. The van der Waals surface area contributed by atoms with Crippen LogP contribution in [0, 0.1) is 0 Å². The number of nitrogens with one attached hydrogen (secondary N) is 1. The maximum atomic E-state index is 11.6. The zero-order chi connectivity index (χ0) is 15.2. The van der Waals surface area contributed by atoms with Gasteiger partial charge in [0.2, 0.25) is 5.91 Å². The van der Waals surface area contributed by atoms with Gasteiger partial charge in [-0.15, -0.1) is 0 Å². The molecular weight excluding hydrogens is 288 g/mol. The second-order valence-electron chi connectivity index (χ2n) is 5.54. The molecule has 0 aromatic heterocycles. The Morgan fingerprint density at radius 3 is 2.95 bits per heavy atom. The molecule has 1 amide bonds. The van der Waals surface area contributed by atoms with Crippen molar-refractivity contribution in [1.82, 2.24) is 5.32 Å². The van der Waals surface area contributed by atoms with Crippen LogP contribution in [0.3, 0.4) is 0 Å². The lowest BCUT2D eigenvalue weighted by Crippen LogP contribution is -2.27. The highest BCUT2D eigenvalue weighted by molar-refractivity contribution is 6.32. The van der Waals surface area contributed by atoms with Crippen LogP contribution < -0.4 is 15.8 Å². The summed E-state index contributed by atoms with van der Waals surface area (Å²) in [5.74, 6) is 0.693. The van der Waals surface area contributed by atoms with E-state index >= 15 is 0 Å². The molecule has 0 radical (unpaired) electrons. The molecular formula is C16H23ClN2O2. The summed E-state index contributed by atoms with van der Waals surface area (Å²) in [7, 11) is 0. The van der Waals surface area contributed by atoms with Crippen molar-refractivity contribution in [2.24, 2.45) is 5.73 Å². The highest BCUT2D eigenvalue weighted by atomic mass is 35.5. The van der Waals surface area contributed by atoms with Crippen LogP contribution >= 0.6 is 11.6 Å². The van der Waals surface area contributed by atoms with Crippen LogP contribution in [0.25, 0.3) is 0 Å². The lowest BCUT2D eigenvalue weighted by Gasteiger charge is -2.15. The molecule has 0 aliphatic heterocycles. The van der Waals surface area contributed by atoms with Crippen LogP contribution in [0.2, 0.25) is 5.02 Å². The van der Waals surface area contributed by atoms with Crippen LogP contribution in [0.5, 0.6) is 5.75 Å². The van der Waals surface area contributed by atoms with E-state index < -0.39 is 0 Å². The van der Waals surface area contributed by atoms with E-state index in [9.17, 15) is 4.79 Å². The van der Waals surface area contributed by atoms with Crippen LogP contribution in [-0.2, 0) is 11.2 Å². The molecule has 4 nitrogen and oxygen atoms in total. The van der Waals surface area contributed by atoms with Crippen molar-refractivity contribution < 1.29 is 9.53 Å². The third-order valence-electron chi connectivity index (χ3n) is 3.57. The molecule has 1 unspecified atom stereocenters. The summed E-state index contributed by atoms with van der Waals surface area (Å²) < 4.78 is 5.74. The van der Waals surface area contributed by atoms with Gasteiger partial charge in [-0.1, -0.05) is 30.7 Å². The van der Waals surface area contributed by atoms with Crippen molar-refractivity contribution in [2.75, 3.05) is 6.61 Å². The van der Waals surface area contributed by atoms with Crippen molar-refractivity contribution in [3.8, 4) is 5.75 Å². The van der Waals surface area contributed by atoms with Crippen LogP contribution in [0.1, 0.15) is 38.2 Å². The molecule has 21 heavy (non-hydrogen) atoms. The predicted molar refractivity (Wildman–Crippen MR) is 84.7 cm³/mol. The molecule has 1 aromatic rings. The average molecular weight is 311 g/mol. The third-order valence-corrected chi connectivity index (χ3v) is 3.87. The van der Waals surface area contributed by atoms with E-state index in [2.05, 4.69) is 12.2 Å². The Morgan fingerprint density at radius 2 is 2.29 bits per heavy atom. The second-order valence-corrected chi connectivity index (χ2v) is 5.95. The van der Waals surface area contributed by atoms with Gasteiger partial charge in [-0.2, -0.15) is 0 Å². The molecule has 1 aliphatic carbocycles. The van der Waals surface area contributed by atoms with Crippen molar-refractivity contribution in [2.45, 2.75) is 51.1 Å². The number of hydrogen-bond donors (Lipinski definition) is 2. The summed E-state index contributed by atoms with van der Waals surface area (Å²) in [6.07, 6.45) is 4.16. The number of hydrogen-bond acceptors (Lipinski definition) is 3. The van der Waals surface area contributed by atoms with Crippen molar-refractivity contribution in [3.63, 3.8) is 0 Å². The first-order chi connectivity index (χ1) is 10.1. The van der Waals surface area contributed by atoms with E-state index in [-0.39, 0.29) is 11.9 Å². The average Bonchev–Trinajstić information content (AvgIpc) is 3.25. The lowest BCUT2D eigenvalue weighted by molar-refractivity contribution is -0.121. The third kappa shape index (κ3) is 5.21. The predicted octanol–water partition coefficient (Wildman–Crippen LogP) is 2.67. The highest BCUT2D eigenvalue weighted by Crippen LogP contribution is 2.30. The number of para-hydroxylation sites is 1. The first kappa shape index (κ1) is 16.1. The summed E-state index contributed by atoms with van der Waals surface area (Å²) in [5.41, 5.74) is 7.00. The summed E-state index contributed by atoms with van der Waals surface area (Å²) in [6.45, 7) is 2.38. The van der Waals surface area contributed by atoms with Gasteiger partial charge in [-0.3, -0.25) is 4.79 Å². The normalized spacial score (nSPS) is 15.6. The molecule has 1 saturated carbocycles. The van der Waals surface area contributed by atoms with E-state index in [1.807, 2.05) is 12.1 Å². The van der Waals surface area contributed by atoms with Crippen molar-refractivity contribution in [3.05, 3.63) is 28.8 Å². The van der Waals surface area contributed by atoms with Crippen LogP contribution in [0.15, 0.2) is 18.2 Å². The Kier molecular flexibility index (Phi) is 5.88. The van der Waals surface area contributed by atoms with Gasteiger partial charge in [0, 0.05) is 12.1 Å². The molecule has 0 spiro atoms. The molecule has 5 heteroatoms. The van der Waals surface area contributed by atoms with E-state index in [1.54, 1.807) is 6.07 Å². The molecule has 0 heterocycles. The number of benzene rings is 1. The SMILES string of the molecule is CCC(N)Cc1cccc(Cl)c1OCCC(=O)NC1CC1. The summed E-state index contributed by atoms with van der Waals surface area (Å²) in [5, 5.41) is 3.51. The van der Waals surface area contributed by atoms with Crippen LogP contribution in [0.4, 0.5) is 0 Å². The Morgan fingerprint density at radius 1 is 1.52 bits per heavy atom. The van der Waals surface area contributed by atoms with Gasteiger partial charge in [0.05, 0.1) is 18.1 Å². The molecule has 3 N–H and O–H groups in total. The quantitative estimate of drug-likeness (QED) is 0.776. The number of carbonyl (C=O) groups excluding carboxylic acids is 1. The molecule has 116 valence electrons. The number of nitrogens with two attached hydrogens (primary N) is 1. The van der Waals surface area contributed by atoms with E-state index in [1.165, 1.54) is 0 Å². The zero-order valence-electron chi connectivity index (χ0n) is 12.4. The first-order valence-electron chi connectivity index (χ1n) is 7.55. The maximum absolute atomic E-state index is 11.6. The summed E-state index contributed by atoms with van der Waals surface area (Å²) >= 11 is 6.20. The molecule has 2 rings (SSSR count). The molecule has 1 fully saturated rings. The standard InChI is InChI=1S/C16H23ClN2O2/c1-2-12(18)10-11-4-3-5-14(17)16(11)21-9-8-15(20)19-13-6-7-13/h3-5,12-13H,2,6-10,18H2,1H3,(H,19,20). The minimum Gasteiger partial charge on any atom is -0.491 e. The Hall–Kier alpha value is -1.26. The number of ether oxygens (including phenoxy) is 1. The molecule has 0 saturated heterocycles. The highest BCUT2D eigenvalue weighted by Gasteiger charge is 2.23. The Labute approximate surface area is 131 Å². The first-order valence-corrected chi connectivity index (χ1v) is 7.93. The van der Waals surface area contributed by atoms with Gasteiger partial charge in [0.25, 0.3) is 0 Å². The van der Waals surface area contributed by atoms with Gasteiger partial charge >= 0.3 is 0 Å². The van der Waals surface area contributed by atoms with E-state index in [4.69, 9.17) is 22.1 Å². The smallest absolute Gasteiger partial charge is 0.223 e. The maximum Gasteiger partial charge on any atom is 0.223 e. The van der Waals surface area contributed by atoms with E-state index in [0.29, 0.717) is 29.8 Å². The van der Waals surface area contributed by atoms with E-state index in [0.717, 1.165) is 31.2 Å². The van der Waals surface area contributed by atoms with Crippen molar-refractivity contribution in [1.29, 1.82) is 0 Å².